The third kappa shape index (κ3) is 59.1. The Morgan fingerprint density at radius 1 is 0.436 bits per heavy atom. The standard InChI is InChI=1S/C68H133N2O7P/c1-7-10-13-16-19-22-25-27-29-30-31-32-33-34-35-36-37-38-39-40-41-42-45-48-51-54-57-60-67(71)69-65(64-76-78(73,74)75-63-62-70(4,5)6)66(59-56-53-50-47-44-24-21-18-15-12-9-3)77-68(72)61-58-55-52-49-46-43-28-26-23-20-17-14-11-8-2/h43,46,56,59,65-66H,7-42,44-45,47-55,57-58,60-64H2,1-6H3,(H-,69,71,73,74)/b46-43-,59-56-. The lowest BCUT2D eigenvalue weighted by atomic mass is 10.0. The van der Waals surface area contributed by atoms with Gasteiger partial charge in [-0.3, -0.25) is 14.2 Å². The topological polar surface area (TPSA) is 114 Å². The van der Waals surface area contributed by atoms with Gasteiger partial charge < -0.3 is 28.5 Å². The fourth-order valence-corrected chi connectivity index (χ4v) is 11.1. The second-order valence-electron chi connectivity index (χ2n) is 24.7. The molecule has 0 aromatic heterocycles. The Hall–Kier alpha value is -1.51. The van der Waals surface area contributed by atoms with Crippen molar-refractivity contribution in [1.29, 1.82) is 0 Å². The van der Waals surface area contributed by atoms with Gasteiger partial charge in [0.05, 0.1) is 33.8 Å². The van der Waals surface area contributed by atoms with Crippen LogP contribution in [-0.2, 0) is 27.9 Å². The predicted molar refractivity (Wildman–Crippen MR) is 335 cm³/mol. The molecule has 9 nitrogen and oxygen atoms in total. The van der Waals surface area contributed by atoms with Crippen LogP contribution in [0.2, 0.25) is 0 Å². The summed E-state index contributed by atoms with van der Waals surface area (Å²) >= 11 is 0. The van der Waals surface area contributed by atoms with Crippen molar-refractivity contribution >= 4 is 19.7 Å². The number of phosphoric ester groups is 1. The molecule has 0 aromatic rings. The van der Waals surface area contributed by atoms with Crippen LogP contribution in [0.25, 0.3) is 0 Å². The number of carbonyl (C=O) groups is 2. The molecule has 0 aromatic carbocycles. The Morgan fingerprint density at radius 2 is 0.744 bits per heavy atom. The number of hydrogen-bond donors (Lipinski definition) is 1. The largest absolute Gasteiger partial charge is 0.756 e. The van der Waals surface area contributed by atoms with E-state index in [0.717, 1.165) is 64.2 Å². The molecule has 0 radical (unpaired) electrons. The van der Waals surface area contributed by atoms with Gasteiger partial charge in [-0.1, -0.05) is 302 Å². The zero-order chi connectivity index (χ0) is 57.2. The number of hydrogen-bond acceptors (Lipinski definition) is 7. The van der Waals surface area contributed by atoms with Crippen LogP contribution in [-0.4, -0.2) is 69.4 Å². The van der Waals surface area contributed by atoms with E-state index in [1.165, 1.54) is 244 Å². The number of esters is 1. The molecule has 0 bridgehead atoms. The lowest BCUT2D eigenvalue weighted by Gasteiger charge is -2.30. The van der Waals surface area contributed by atoms with Crippen LogP contribution >= 0.6 is 7.82 Å². The van der Waals surface area contributed by atoms with Gasteiger partial charge in [0.25, 0.3) is 7.82 Å². The molecule has 0 aliphatic carbocycles. The Labute approximate surface area is 485 Å². The fraction of sp³-hybridized carbons (Fsp3) is 0.912. The molecule has 0 rings (SSSR count). The van der Waals surface area contributed by atoms with Crippen molar-refractivity contribution in [3.63, 3.8) is 0 Å². The summed E-state index contributed by atoms with van der Waals surface area (Å²) in [5.74, 6) is -0.542. The number of rotatable bonds is 63. The van der Waals surface area contributed by atoms with Crippen LogP contribution < -0.4 is 10.2 Å². The first-order valence-electron chi connectivity index (χ1n) is 34.1. The molecule has 462 valence electrons. The average molecular weight is 1120 g/mol. The third-order valence-corrected chi connectivity index (χ3v) is 16.6. The van der Waals surface area contributed by atoms with E-state index < -0.39 is 20.0 Å². The van der Waals surface area contributed by atoms with Crippen LogP contribution in [0, 0.1) is 0 Å². The molecule has 0 saturated carbocycles. The maximum Gasteiger partial charge on any atom is 0.306 e. The summed E-state index contributed by atoms with van der Waals surface area (Å²) in [5, 5.41) is 3.04. The summed E-state index contributed by atoms with van der Waals surface area (Å²) in [6.07, 6.45) is 70.3. The minimum atomic E-state index is -4.70. The van der Waals surface area contributed by atoms with Gasteiger partial charge >= 0.3 is 5.97 Å². The molecule has 3 unspecified atom stereocenters. The molecule has 78 heavy (non-hydrogen) atoms. The van der Waals surface area contributed by atoms with E-state index in [1.54, 1.807) is 0 Å². The summed E-state index contributed by atoms with van der Waals surface area (Å²) in [6.45, 7) is 6.88. The number of unbranched alkanes of at least 4 members (excludes halogenated alkanes) is 45. The molecule has 10 heteroatoms. The van der Waals surface area contributed by atoms with Gasteiger partial charge in [-0.25, -0.2) is 0 Å². The van der Waals surface area contributed by atoms with Crippen LogP contribution in [0.1, 0.15) is 348 Å². The summed E-state index contributed by atoms with van der Waals surface area (Å²) in [5.41, 5.74) is 0. The second kappa shape index (κ2) is 58.7. The number of allylic oxidation sites excluding steroid dienone is 3. The van der Waals surface area contributed by atoms with E-state index in [0.29, 0.717) is 23.9 Å². The van der Waals surface area contributed by atoms with Crippen molar-refractivity contribution in [2.75, 3.05) is 40.9 Å². The number of ether oxygens (including phenoxy) is 1. The highest BCUT2D eigenvalue weighted by molar-refractivity contribution is 7.45. The molecule has 0 spiro atoms. The monoisotopic (exact) mass is 1120 g/mol. The average Bonchev–Trinajstić information content (AvgIpc) is 3.40. The Balaban J connectivity index is 4.93. The van der Waals surface area contributed by atoms with Gasteiger partial charge in [-0.2, -0.15) is 0 Å². The highest BCUT2D eigenvalue weighted by Crippen LogP contribution is 2.38. The van der Waals surface area contributed by atoms with E-state index in [4.69, 9.17) is 13.8 Å². The third-order valence-electron chi connectivity index (χ3n) is 15.6. The summed E-state index contributed by atoms with van der Waals surface area (Å²) in [6, 6.07) is -0.888. The van der Waals surface area contributed by atoms with Crippen LogP contribution in [0.15, 0.2) is 24.3 Å². The molecule has 0 aliphatic rings. The van der Waals surface area contributed by atoms with Gasteiger partial charge in [0, 0.05) is 12.8 Å². The number of quaternary nitrogens is 1. The lowest BCUT2D eigenvalue weighted by Crippen LogP contribution is -2.47. The number of nitrogens with one attached hydrogen (secondary N) is 1. The maximum absolute atomic E-state index is 13.6. The molecule has 0 heterocycles. The van der Waals surface area contributed by atoms with Crippen molar-refractivity contribution < 1.29 is 37.3 Å². The molecule has 0 saturated heterocycles. The summed E-state index contributed by atoms with van der Waals surface area (Å²) in [4.78, 5) is 40.0. The molecular weight excluding hydrogens is 988 g/mol. The van der Waals surface area contributed by atoms with Gasteiger partial charge in [0.1, 0.15) is 19.3 Å². The Kier molecular flexibility index (Phi) is 57.5. The van der Waals surface area contributed by atoms with Crippen molar-refractivity contribution in [1.82, 2.24) is 5.32 Å². The van der Waals surface area contributed by atoms with Gasteiger partial charge in [0.15, 0.2) is 0 Å². The van der Waals surface area contributed by atoms with Crippen LogP contribution in [0.3, 0.4) is 0 Å². The zero-order valence-corrected chi connectivity index (χ0v) is 53.8. The van der Waals surface area contributed by atoms with Gasteiger partial charge in [0.2, 0.25) is 5.91 Å². The van der Waals surface area contributed by atoms with Gasteiger partial charge in [-0.05, 0) is 57.4 Å². The van der Waals surface area contributed by atoms with Crippen molar-refractivity contribution in [3.05, 3.63) is 24.3 Å². The highest BCUT2D eigenvalue weighted by Gasteiger charge is 2.27. The van der Waals surface area contributed by atoms with Crippen LogP contribution in [0.5, 0.6) is 0 Å². The summed E-state index contributed by atoms with van der Waals surface area (Å²) < 4.78 is 30.3. The first-order chi connectivity index (χ1) is 37.9. The quantitative estimate of drug-likeness (QED) is 0.0212. The van der Waals surface area contributed by atoms with Crippen molar-refractivity contribution in [2.45, 2.75) is 360 Å². The second-order valence-corrected chi connectivity index (χ2v) is 26.1. The number of likely N-dealkylation sites (N-methyl/N-ethyl adjacent to an activating group) is 1. The zero-order valence-electron chi connectivity index (χ0n) is 52.9. The molecule has 0 fully saturated rings. The van der Waals surface area contributed by atoms with E-state index in [1.807, 2.05) is 33.3 Å². The molecule has 3 atom stereocenters. The normalized spacial score (nSPS) is 13.7. The van der Waals surface area contributed by atoms with Crippen molar-refractivity contribution in [3.8, 4) is 0 Å². The van der Waals surface area contributed by atoms with E-state index >= 15 is 0 Å². The SMILES string of the molecule is CCCCCCCCC/C=C\CCCCCC(=O)OC(/C=C\CCCCCCCCCCC)C(COP(=O)([O-])OCC[N+](C)(C)C)NC(=O)CCCCCCCCCCCCCCCCCCCCCCCCCCCCC. The minimum Gasteiger partial charge on any atom is -0.756 e. The molecule has 1 amide bonds. The molecule has 0 aliphatic heterocycles. The minimum absolute atomic E-state index is 0.0209. The lowest BCUT2D eigenvalue weighted by molar-refractivity contribution is -0.870. The highest BCUT2D eigenvalue weighted by atomic mass is 31.2. The van der Waals surface area contributed by atoms with E-state index in [-0.39, 0.29) is 31.5 Å². The number of amides is 1. The Bertz CT molecular complexity index is 1380. The first kappa shape index (κ1) is 76.5. The van der Waals surface area contributed by atoms with E-state index in [2.05, 4.69) is 38.2 Å². The number of nitrogens with zero attached hydrogens (tertiary/aromatic N) is 1. The predicted octanol–water partition coefficient (Wildman–Crippen LogP) is 20.7. The number of carbonyl (C=O) groups excluding carboxylic acids is 2. The molecule has 1 N–H and O–H groups in total. The maximum atomic E-state index is 13.6. The fourth-order valence-electron chi connectivity index (χ4n) is 10.3. The van der Waals surface area contributed by atoms with Gasteiger partial charge in [-0.15, -0.1) is 0 Å². The van der Waals surface area contributed by atoms with Crippen molar-refractivity contribution in [2.24, 2.45) is 0 Å². The summed E-state index contributed by atoms with van der Waals surface area (Å²) in [7, 11) is 1.20. The number of phosphoric acid groups is 1. The first-order valence-corrected chi connectivity index (χ1v) is 35.6. The van der Waals surface area contributed by atoms with Crippen LogP contribution in [0.4, 0.5) is 0 Å². The smallest absolute Gasteiger partial charge is 0.306 e. The van der Waals surface area contributed by atoms with E-state index in [9.17, 15) is 19.0 Å². The molecular formula is C68H133N2O7P. The Morgan fingerprint density at radius 3 is 1.10 bits per heavy atom.